The van der Waals surface area contributed by atoms with Gasteiger partial charge < -0.3 is 10.7 Å². The smallest absolute Gasteiger partial charge is 0.0456 e. The molecule has 1 aliphatic carbocycles. The molecule has 78 valence electrons. The highest BCUT2D eigenvalue weighted by atomic mass is 14.7. The molecule has 1 heterocycles. The van der Waals surface area contributed by atoms with Crippen LogP contribution in [0.25, 0.3) is 10.9 Å². The highest BCUT2D eigenvalue weighted by Gasteiger charge is 2.25. The van der Waals surface area contributed by atoms with Gasteiger partial charge in [0.1, 0.15) is 0 Å². The zero-order chi connectivity index (χ0) is 10.4. The van der Waals surface area contributed by atoms with Gasteiger partial charge in [-0.25, -0.2) is 0 Å². The fourth-order valence-corrected chi connectivity index (χ4v) is 2.07. The summed E-state index contributed by atoms with van der Waals surface area (Å²) in [5.41, 5.74) is 9.72. The van der Waals surface area contributed by atoms with Crippen LogP contribution in [0.2, 0.25) is 0 Å². The first-order chi connectivity index (χ1) is 7.24. The van der Waals surface area contributed by atoms with Crippen molar-refractivity contribution < 1.29 is 0 Å². The van der Waals surface area contributed by atoms with E-state index in [0.29, 0.717) is 0 Å². The quantitative estimate of drug-likeness (QED) is 0.768. The van der Waals surface area contributed by atoms with Gasteiger partial charge in [0.25, 0.3) is 0 Å². The molecule has 1 saturated carbocycles. The Morgan fingerprint density at radius 2 is 2.13 bits per heavy atom. The summed E-state index contributed by atoms with van der Waals surface area (Å²) in [7, 11) is 0. The molecule has 2 nitrogen and oxygen atoms in total. The first-order valence-corrected chi connectivity index (χ1v) is 5.62. The van der Waals surface area contributed by atoms with Crippen LogP contribution in [0.1, 0.15) is 43.0 Å². The number of benzene rings is 1. The molecule has 0 amide bonds. The summed E-state index contributed by atoms with van der Waals surface area (Å²) in [6, 6.07) is 8.84. The van der Waals surface area contributed by atoms with Gasteiger partial charge in [0.15, 0.2) is 0 Å². The first-order valence-electron chi connectivity index (χ1n) is 5.62. The first kappa shape index (κ1) is 8.98. The van der Waals surface area contributed by atoms with Crippen LogP contribution < -0.4 is 5.73 Å². The second-order valence-corrected chi connectivity index (χ2v) is 4.63. The molecule has 0 radical (unpaired) electrons. The standard InChI is InChI=1S/C13H16N2/c1-8(14)10-4-5-12-11(6-10)7-13(15-12)9-2-3-9/h4-9,15H,2-3,14H2,1H3. The van der Waals surface area contributed by atoms with Crippen molar-refractivity contribution in [2.24, 2.45) is 5.73 Å². The maximum atomic E-state index is 5.87. The summed E-state index contributed by atoms with van der Waals surface area (Å²) in [5.74, 6) is 0.788. The molecular weight excluding hydrogens is 184 g/mol. The van der Waals surface area contributed by atoms with E-state index in [2.05, 4.69) is 29.2 Å². The number of H-pyrrole nitrogens is 1. The number of rotatable bonds is 2. The van der Waals surface area contributed by atoms with Crippen LogP contribution in [0.5, 0.6) is 0 Å². The average Bonchev–Trinajstić information content (AvgIpc) is 2.97. The molecule has 1 aliphatic rings. The van der Waals surface area contributed by atoms with Gasteiger partial charge in [0.05, 0.1) is 0 Å². The van der Waals surface area contributed by atoms with Gasteiger partial charge in [-0.05, 0) is 54.8 Å². The summed E-state index contributed by atoms with van der Waals surface area (Å²) in [6.45, 7) is 2.02. The lowest BCUT2D eigenvalue weighted by Gasteiger charge is -2.04. The third kappa shape index (κ3) is 1.55. The number of fused-ring (bicyclic) bond motifs is 1. The van der Waals surface area contributed by atoms with Crippen molar-refractivity contribution in [1.29, 1.82) is 0 Å². The molecule has 1 atom stereocenters. The maximum absolute atomic E-state index is 5.87. The number of nitrogens with two attached hydrogens (primary N) is 1. The topological polar surface area (TPSA) is 41.8 Å². The molecule has 1 unspecified atom stereocenters. The normalized spacial score (nSPS) is 18.3. The maximum Gasteiger partial charge on any atom is 0.0456 e. The van der Waals surface area contributed by atoms with Gasteiger partial charge in [0.2, 0.25) is 0 Å². The zero-order valence-corrected chi connectivity index (χ0v) is 8.96. The van der Waals surface area contributed by atoms with Crippen molar-refractivity contribution in [2.45, 2.75) is 31.7 Å². The highest BCUT2D eigenvalue weighted by Crippen LogP contribution is 2.40. The molecule has 1 fully saturated rings. The number of hydrogen-bond acceptors (Lipinski definition) is 1. The molecule has 3 rings (SSSR count). The van der Waals surface area contributed by atoms with E-state index in [4.69, 9.17) is 5.73 Å². The molecule has 15 heavy (non-hydrogen) atoms. The van der Waals surface area contributed by atoms with Crippen LogP contribution in [0.3, 0.4) is 0 Å². The van der Waals surface area contributed by atoms with Gasteiger partial charge in [-0.2, -0.15) is 0 Å². The fourth-order valence-electron chi connectivity index (χ4n) is 2.07. The van der Waals surface area contributed by atoms with Crippen LogP contribution in [0.4, 0.5) is 0 Å². The van der Waals surface area contributed by atoms with Crippen LogP contribution >= 0.6 is 0 Å². The highest BCUT2D eigenvalue weighted by molar-refractivity contribution is 5.81. The molecule has 1 aromatic carbocycles. The van der Waals surface area contributed by atoms with Crippen molar-refractivity contribution in [3.05, 3.63) is 35.5 Å². The molecule has 1 aromatic heterocycles. The van der Waals surface area contributed by atoms with Gasteiger partial charge in [-0.1, -0.05) is 6.07 Å². The number of hydrogen-bond donors (Lipinski definition) is 2. The van der Waals surface area contributed by atoms with E-state index in [-0.39, 0.29) is 6.04 Å². The Morgan fingerprint density at radius 3 is 2.80 bits per heavy atom. The van der Waals surface area contributed by atoms with Crippen LogP contribution in [-0.2, 0) is 0 Å². The molecule has 0 spiro atoms. The second-order valence-electron chi connectivity index (χ2n) is 4.63. The van der Waals surface area contributed by atoms with E-state index in [1.54, 1.807) is 0 Å². The van der Waals surface area contributed by atoms with E-state index >= 15 is 0 Å². The molecular formula is C13H16N2. The Hall–Kier alpha value is -1.28. The Balaban J connectivity index is 2.09. The van der Waals surface area contributed by atoms with Crippen LogP contribution in [0, 0.1) is 0 Å². The largest absolute Gasteiger partial charge is 0.358 e. The molecule has 2 aromatic rings. The molecule has 0 bridgehead atoms. The summed E-state index contributed by atoms with van der Waals surface area (Å²) in [4.78, 5) is 3.48. The van der Waals surface area contributed by atoms with E-state index < -0.39 is 0 Å². The molecule has 2 heteroatoms. The second kappa shape index (κ2) is 3.11. The lowest BCUT2D eigenvalue weighted by molar-refractivity contribution is 0.820. The lowest BCUT2D eigenvalue weighted by atomic mass is 10.1. The monoisotopic (exact) mass is 200 g/mol. The predicted octanol–water partition coefficient (Wildman–Crippen LogP) is 3.07. The van der Waals surface area contributed by atoms with E-state index in [1.165, 1.54) is 35.0 Å². The minimum atomic E-state index is 0.119. The van der Waals surface area contributed by atoms with E-state index in [1.807, 2.05) is 6.92 Å². The van der Waals surface area contributed by atoms with E-state index in [9.17, 15) is 0 Å². The minimum absolute atomic E-state index is 0.119. The summed E-state index contributed by atoms with van der Waals surface area (Å²) in [5, 5.41) is 1.30. The minimum Gasteiger partial charge on any atom is -0.358 e. The Bertz CT molecular complexity index is 492. The molecule has 3 N–H and O–H groups in total. The Morgan fingerprint density at radius 1 is 1.33 bits per heavy atom. The number of nitrogens with one attached hydrogen (secondary N) is 1. The lowest BCUT2D eigenvalue weighted by Crippen LogP contribution is -2.04. The summed E-state index contributed by atoms with van der Waals surface area (Å²) < 4.78 is 0. The Kier molecular flexibility index (Phi) is 1.86. The van der Waals surface area contributed by atoms with Gasteiger partial charge in [-0.3, -0.25) is 0 Å². The summed E-state index contributed by atoms with van der Waals surface area (Å²) >= 11 is 0. The van der Waals surface area contributed by atoms with Crippen molar-refractivity contribution in [3.63, 3.8) is 0 Å². The Labute approximate surface area is 89.5 Å². The predicted molar refractivity (Wildman–Crippen MR) is 62.9 cm³/mol. The van der Waals surface area contributed by atoms with Crippen molar-refractivity contribution in [2.75, 3.05) is 0 Å². The fraction of sp³-hybridized carbons (Fsp3) is 0.385. The molecule has 0 aliphatic heterocycles. The van der Waals surface area contributed by atoms with Crippen molar-refractivity contribution in [3.8, 4) is 0 Å². The van der Waals surface area contributed by atoms with Crippen LogP contribution in [-0.4, -0.2) is 4.98 Å². The van der Waals surface area contributed by atoms with Gasteiger partial charge in [-0.15, -0.1) is 0 Å². The number of aromatic nitrogens is 1. The van der Waals surface area contributed by atoms with Crippen molar-refractivity contribution >= 4 is 10.9 Å². The third-order valence-corrected chi connectivity index (χ3v) is 3.21. The SMILES string of the molecule is CC(N)c1ccc2[nH]c(C3CC3)cc2c1. The van der Waals surface area contributed by atoms with Gasteiger partial charge >= 0.3 is 0 Å². The van der Waals surface area contributed by atoms with Crippen molar-refractivity contribution in [1.82, 2.24) is 4.98 Å². The third-order valence-electron chi connectivity index (χ3n) is 3.21. The average molecular weight is 200 g/mol. The number of aromatic amines is 1. The van der Waals surface area contributed by atoms with Crippen LogP contribution in [0.15, 0.2) is 24.3 Å². The summed E-state index contributed by atoms with van der Waals surface area (Å²) in [6.07, 6.45) is 2.68. The van der Waals surface area contributed by atoms with E-state index in [0.717, 1.165) is 5.92 Å². The van der Waals surface area contributed by atoms with Gasteiger partial charge in [0, 0.05) is 17.3 Å². The molecule has 0 saturated heterocycles. The zero-order valence-electron chi connectivity index (χ0n) is 8.96.